The molecule has 0 saturated heterocycles. The molecule has 0 aromatic heterocycles. The fourth-order valence-corrected chi connectivity index (χ4v) is 2.19. The molecule has 6 heteroatoms. The number of ether oxygens (including phenoxy) is 1. The molecule has 1 aromatic carbocycles. The average molecular weight is 294 g/mol. The summed E-state index contributed by atoms with van der Waals surface area (Å²) < 4.78 is 5.06. The molecule has 1 atom stereocenters. The van der Waals surface area contributed by atoms with E-state index in [0.29, 0.717) is 0 Å². The molecule has 116 valence electrons. The summed E-state index contributed by atoms with van der Waals surface area (Å²) in [4.78, 5) is 25.3. The molecule has 0 aliphatic carbocycles. The van der Waals surface area contributed by atoms with Gasteiger partial charge in [0.25, 0.3) is 5.91 Å². The van der Waals surface area contributed by atoms with Gasteiger partial charge in [-0.2, -0.15) is 0 Å². The monoisotopic (exact) mass is 294 g/mol. The Morgan fingerprint density at radius 3 is 2.29 bits per heavy atom. The van der Waals surface area contributed by atoms with Crippen molar-refractivity contribution in [2.24, 2.45) is 5.92 Å². The zero-order valence-electron chi connectivity index (χ0n) is 12.8. The highest BCUT2D eigenvalue weighted by atomic mass is 16.5. The number of carbonyl (C=O) groups is 2. The van der Waals surface area contributed by atoms with Crippen molar-refractivity contribution in [1.82, 2.24) is 10.4 Å². The van der Waals surface area contributed by atoms with Crippen LogP contribution < -0.4 is 10.2 Å². The van der Waals surface area contributed by atoms with E-state index in [0.717, 1.165) is 11.3 Å². The fourth-order valence-electron chi connectivity index (χ4n) is 2.19. The number of rotatable bonds is 6. The summed E-state index contributed by atoms with van der Waals surface area (Å²) in [5.74, 6) is -0.167. The summed E-state index contributed by atoms with van der Waals surface area (Å²) in [5, 5.41) is 8.78. The van der Waals surface area contributed by atoms with Crippen LogP contribution >= 0.6 is 0 Å². The van der Waals surface area contributed by atoms with E-state index in [-0.39, 0.29) is 18.2 Å². The van der Waals surface area contributed by atoms with Crippen LogP contribution in [0.15, 0.2) is 24.3 Å². The third-order valence-electron chi connectivity index (χ3n) is 3.34. The zero-order chi connectivity index (χ0) is 16.0. The van der Waals surface area contributed by atoms with Crippen molar-refractivity contribution in [3.05, 3.63) is 29.8 Å². The number of benzene rings is 1. The van der Waals surface area contributed by atoms with Crippen molar-refractivity contribution >= 4 is 11.8 Å². The number of nitrogens with zero attached hydrogens (tertiary/aromatic N) is 1. The van der Waals surface area contributed by atoms with Gasteiger partial charge in [-0.25, -0.2) is 5.48 Å². The van der Waals surface area contributed by atoms with Gasteiger partial charge < -0.3 is 9.64 Å². The summed E-state index contributed by atoms with van der Waals surface area (Å²) in [6.45, 7) is 3.63. The Balaban J connectivity index is 2.78. The van der Waals surface area contributed by atoms with Gasteiger partial charge in [-0.3, -0.25) is 14.8 Å². The smallest absolute Gasteiger partial charge is 0.266 e. The molecule has 0 spiro atoms. The Bertz CT molecular complexity index is 485. The van der Waals surface area contributed by atoms with Crippen molar-refractivity contribution in [2.45, 2.75) is 26.3 Å². The second-order valence-corrected chi connectivity index (χ2v) is 5.19. The lowest BCUT2D eigenvalue weighted by molar-refractivity contribution is -0.144. The van der Waals surface area contributed by atoms with E-state index in [4.69, 9.17) is 9.94 Å². The molecule has 0 bridgehead atoms. The van der Waals surface area contributed by atoms with Crippen LogP contribution in [0.5, 0.6) is 5.75 Å². The van der Waals surface area contributed by atoms with Crippen LogP contribution in [-0.4, -0.2) is 42.1 Å². The number of nitrogens with one attached hydrogen (secondary N) is 1. The minimum Gasteiger partial charge on any atom is -0.497 e. The summed E-state index contributed by atoms with van der Waals surface area (Å²) in [6.07, 6.45) is 0.183. The average Bonchev–Trinajstić information content (AvgIpc) is 2.47. The molecule has 2 N–H and O–H groups in total. The minimum absolute atomic E-state index is 0.109. The molecule has 0 aliphatic heterocycles. The number of hydrogen-bond donors (Lipinski definition) is 2. The van der Waals surface area contributed by atoms with E-state index in [1.54, 1.807) is 43.9 Å². The molecule has 1 aromatic rings. The van der Waals surface area contributed by atoms with Crippen molar-refractivity contribution in [1.29, 1.82) is 0 Å². The summed E-state index contributed by atoms with van der Waals surface area (Å²) in [6, 6.07) is 6.47. The van der Waals surface area contributed by atoms with Gasteiger partial charge in [0.15, 0.2) is 0 Å². The van der Waals surface area contributed by atoms with Crippen LogP contribution in [0, 0.1) is 5.92 Å². The highest BCUT2D eigenvalue weighted by Crippen LogP contribution is 2.14. The molecule has 0 fully saturated rings. The molecule has 1 rings (SSSR count). The van der Waals surface area contributed by atoms with Gasteiger partial charge in [0.2, 0.25) is 5.91 Å². The van der Waals surface area contributed by atoms with E-state index in [9.17, 15) is 9.59 Å². The van der Waals surface area contributed by atoms with Crippen molar-refractivity contribution in [3.63, 3.8) is 0 Å². The summed E-state index contributed by atoms with van der Waals surface area (Å²) in [5.41, 5.74) is 2.44. The van der Waals surface area contributed by atoms with Gasteiger partial charge in [-0.15, -0.1) is 0 Å². The van der Waals surface area contributed by atoms with Crippen molar-refractivity contribution in [3.8, 4) is 5.75 Å². The lowest BCUT2D eigenvalue weighted by atomic mass is 10.0. The predicted molar refractivity (Wildman–Crippen MR) is 78.0 cm³/mol. The van der Waals surface area contributed by atoms with Crippen LogP contribution in [0.2, 0.25) is 0 Å². The molecule has 0 saturated carbocycles. The summed E-state index contributed by atoms with van der Waals surface area (Å²) in [7, 11) is 3.14. The molecular formula is C15H22N2O4. The second-order valence-electron chi connectivity index (χ2n) is 5.19. The SMILES string of the molecule is COc1ccc(CC(=O)N(C)C(C(=O)NO)C(C)C)cc1. The van der Waals surface area contributed by atoms with E-state index >= 15 is 0 Å². The van der Waals surface area contributed by atoms with Crippen molar-refractivity contribution < 1.29 is 19.5 Å². The Hall–Kier alpha value is -2.08. The zero-order valence-corrected chi connectivity index (χ0v) is 12.8. The maximum Gasteiger partial charge on any atom is 0.266 e. The molecule has 0 aliphatic rings. The van der Waals surface area contributed by atoms with Gasteiger partial charge in [0.05, 0.1) is 13.5 Å². The molecule has 2 amide bonds. The van der Waals surface area contributed by atoms with Gasteiger partial charge in [-0.05, 0) is 23.6 Å². The number of hydroxylamine groups is 1. The van der Waals surface area contributed by atoms with Crippen LogP contribution in [0.4, 0.5) is 0 Å². The standard InChI is InChI=1S/C15H22N2O4/c1-10(2)14(15(19)16-20)17(3)13(18)9-11-5-7-12(21-4)8-6-11/h5-8,10,14,20H,9H2,1-4H3,(H,16,19). The van der Waals surface area contributed by atoms with Gasteiger partial charge in [0, 0.05) is 7.05 Å². The predicted octanol–water partition coefficient (Wildman–Crippen LogP) is 1.23. The third-order valence-corrected chi connectivity index (χ3v) is 3.34. The molecule has 0 radical (unpaired) electrons. The van der Waals surface area contributed by atoms with Crippen LogP contribution in [-0.2, 0) is 16.0 Å². The number of amides is 2. The van der Waals surface area contributed by atoms with E-state index in [1.165, 1.54) is 4.90 Å². The molecule has 6 nitrogen and oxygen atoms in total. The van der Waals surface area contributed by atoms with E-state index in [1.807, 2.05) is 13.8 Å². The maximum absolute atomic E-state index is 12.3. The number of carbonyl (C=O) groups excluding carboxylic acids is 2. The largest absolute Gasteiger partial charge is 0.497 e. The van der Waals surface area contributed by atoms with E-state index < -0.39 is 11.9 Å². The Kier molecular flexibility index (Phi) is 6.17. The van der Waals surface area contributed by atoms with Crippen molar-refractivity contribution in [2.75, 3.05) is 14.2 Å². The number of hydrogen-bond acceptors (Lipinski definition) is 4. The molecule has 21 heavy (non-hydrogen) atoms. The third kappa shape index (κ3) is 4.46. The minimum atomic E-state index is -0.708. The Labute approximate surface area is 124 Å². The van der Waals surface area contributed by atoms with Gasteiger partial charge >= 0.3 is 0 Å². The fraction of sp³-hybridized carbons (Fsp3) is 0.467. The number of likely N-dealkylation sites (N-methyl/N-ethyl adjacent to an activating group) is 1. The highest BCUT2D eigenvalue weighted by molar-refractivity contribution is 5.87. The summed E-state index contributed by atoms with van der Waals surface area (Å²) >= 11 is 0. The van der Waals surface area contributed by atoms with Crippen LogP contribution in [0.3, 0.4) is 0 Å². The van der Waals surface area contributed by atoms with Gasteiger partial charge in [-0.1, -0.05) is 26.0 Å². The molecular weight excluding hydrogens is 272 g/mol. The maximum atomic E-state index is 12.3. The molecule has 1 unspecified atom stereocenters. The van der Waals surface area contributed by atoms with Gasteiger partial charge in [0.1, 0.15) is 11.8 Å². The lowest BCUT2D eigenvalue weighted by Gasteiger charge is -2.29. The Morgan fingerprint density at radius 2 is 1.86 bits per heavy atom. The first kappa shape index (κ1) is 17.0. The second kappa shape index (κ2) is 7.64. The van der Waals surface area contributed by atoms with E-state index in [2.05, 4.69) is 0 Å². The van der Waals surface area contributed by atoms with Crippen LogP contribution in [0.25, 0.3) is 0 Å². The quantitative estimate of drug-likeness (QED) is 0.611. The topological polar surface area (TPSA) is 78.9 Å². The Morgan fingerprint density at radius 1 is 1.29 bits per heavy atom. The lowest BCUT2D eigenvalue weighted by Crippen LogP contribution is -2.50. The first-order valence-corrected chi connectivity index (χ1v) is 6.73. The van der Waals surface area contributed by atoms with Crippen LogP contribution in [0.1, 0.15) is 19.4 Å². The normalized spacial score (nSPS) is 11.9. The first-order chi connectivity index (χ1) is 9.90. The highest BCUT2D eigenvalue weighted by Gasteiger charge is 2.29. The first-order valence-electron chi connectivity index (χ1n) is 6.73. The number of methoxy groups -OCH3 is 1. The molecule has 0 heterocycles.